The van der Waals surface area contributed by atoms with E-state index in [1.165, 1.54) is 14.0 Å². The summed E-state index contributed by atoms with van der Waals surface area (Å²) in [6.45, 7) is 1.52. The molecule has 4 aliphatic carbocycles. The van der Waals surface area contributed by atoms with Crippen LogP contribution >= 0.6 is 0 Å². The third-order valence-electron chi connectivity index (χ3n) is 5.11. The predicted molar refractivity (Wildman–Crippen MR) is 69.8 cm³/mol. The molecule has 112 valence electrons. The summed E-state index contributed by atoms with van der Waals surface area (Å²) >= 11 is 0. The third-order valence-corrected chi connectivity index (χ3v) is 5.11. The summed E-state index contributed by atoms with van der Waals surface area (Å²) in [5, 5.41) is 0. The van der Waals surface area contributed by atoms with Crippen LogP contribution in [0.3, 0.4) is 0 Å². The lowest BCUT2D eigenvalue weighted by Gasteiger charge is -2.58. The van der Waals surface area contributed by atoms with Crippen molar-refractivity contribution in [2.75, 3.05) is 13.7 Å². The van der Waals surface area contributed by atoms with E-state index in [1.807, 2.05) is 0 Å². The van der Waals surface area contributed by atoms with Crippen LogP contribution in [0.4, 0.5) is 0 Å². The van der Waals surface area contributed by atoms with Crippen LogP contribution < -0.4 is 0 Å². The Morgan fingerprint density at radius 2 is 1.80 bits per heavy atom. The molecule has 4 aliphatic rings. The van der Waals surface area contributed by atoms with Crippen LogP contribution in [-0.2, 0) is 23.8 Å². The fourth-order valence-electron chi connectivity index (χ4n) is 4.83. The van der Waals surface area contributed by atoms with Crippen LogP contribution in [-0.4, -0.2) is 37.4 Å². The Labute approximate surface area is 118 Å². The van der Waals surface area contributed by atoms with E-state index in [2.05, 4.69) is 4.74 Å². The standard InChI is InChI=1S/C15H22O5/c1-9(16)20-15-5-10-3-11(6-15)14(12(4-10)7-15)19-8-13(17)18-2/h10-12,14H,3-8H2,1-2H3. The maximum atomic E-state index is 11.3. The van der Waals surface area contributed by atoms with Crippen LogP contribution in [0.1, 0.15) is 39.0 Å². The highest BCUT2D eigenvalue weighted by molar-refractivity contribution is 5.70. The Kier molecular flexibility index (Phi) is 3.48. The second-order valence-electron chi connectivity index (χ2n) is 6.60. The van der Waals surface area contributed by atoms with Crippen molar-refractivity contribution < 1.29 is 23.8 Å². The van der Waals surface area contributed by atoms with E-state index in [0.717, 1.165) is 32.1 Å². The Morgan fingerprint density at radius 1 is 1.15 bits per heavy atom. The summed E-state index contributed by atoms with van der Waals surface area (Å²) < 4.78 is 16.1. The number of methoxy groups -OCH3 is 1. The molecule has 0 radical (unpaired) electrons. The van der Waals surface area contributed by atoms with Gasteiger partial charge in [0.25, 0.3) is 0 Å². The van der Waals surface area contributed by atoms with E-state index in [-0.39, 0.29) is 30.3 Å². The van der Waals surface area contributed by atoms with Gasteiger partial charge in [0.2, 0.25) is 0 Å². The first-order valence-corrected chi connectivity index (χ1v) is 7.39. The average Bonchev–Trinajstić information content (AvgIpc) is 2.35. The number of carbonyl (C=O) groups excluding carboxylic acids is 2. The molecule has 0 heterocycles. The first kappa shape index (κ1) is 13.9. The molecule has 0 N–H and O–H groups in total. The van der Waals surface area contributed by atoms with Crippen LogP contribution in [0.25, 0.3) is 0 Å². The van der Waals surface area contributed by atoms with Gasteiger partial charge in [-0.1, -0.05) is 0 Å². The number of carbonyl (C=O) groups is 2. The molecule has 4 bridgehead atoms. The van der Waals surface area contributed by atoms with Gasteiger partial charge in [-0.25, -0.2) is 4.79 Å². The highest BCUT2D eigenvalue weighted by Gasteiger charge is 2.57. The summed E-state index contributed by atoms with van der Waals surface area (Å²) in [6.07, 6.45) is 5.14. The van der Waals surface area contributed by atoms with Gasteiger partial charge in [0.15, 0.2) is 0 Å². The van der Waals surface area contributed by atoms with Crippen molar-refractivity contribution in [3.63, 3.8) is 0 Å². The molecular formula is C15H22O5. The number of rotatable bonds is 4. The summed E-state index contributed by atoms with van der Waals surface area (Å²) in [5.74, 6) is 0.952. The van der Waals surface area contributed by atoms with Gasteiger partial charge in [-0.2, -0.15) is 0 Å². The normalized spacial score (nSPS) is 41.5. The molecule has 4 fully saturated rings. The lowest BCUT2D eigenvalue weighted by molar-refractivity contribution is -0.213. The van der Waals surface area contributed by atoms with Gasteiger partial charge in [0.1, 0.15) is 12.2 Å². The summed E-state index contributed by atoms with van der Waals surface area (Å²) in [6, 6.07) is 0. The molecule has 0 aromatic carbocycles. The first-order chi connectivity index (χ1) is 9.51. The van der Waals surface area contributed by atoms with Crippen LogP contribution in [0.15, 0.2) is 0 Å². The van der Waals surface area contributed by atoms with Crippen LogP contribution in [0.5, 0.6) is 0 Å². The van der Waals surface area contributed by atoms with Gasteiger partial charge < -0.3 is 14.2 Å². The van der Waals surface area contributed by atoms with Crippen molar-refractivity contribution in [1.29, 1.82) is 0 Å². The predicted octanol–water partition coefficient (Wildman–Crippen LogP) is 1.69. The monoisotopic (exact) mass is 282 g/mol. The molecule has 5 heteroatoms. The summed E-state index contributed by atoms with van der Waals surface area (Å²) in [7, 11) is 1.37. The van der Waals surface area contributed by atoms with Crippen LogP contribution in [0.2, 0.25) is 0 Å². The zero-order valence-electron chi connectivity index (χ0n) is 12.1. The van der Waals surface area contributed by atoms with E-state index >= 15 is 0 Å². The third kappa shape index (κ3) is 2.43. The topological polar surface area (TPSA) is 61.8 Å². The van der Waals surface area contributed by atoms with Crippen molar-refractivity contribution >= 4 is 11.9 Å². The number of hydrogen-bond donors (Lipinski definition) is 0. The maximum Gasteiger partial charge on any atom is 0.331 e. The molecule has 0 amide bonds. The lowest BCUT2D eigenvalue weighted by atomic mass is 9.53. The van der Waals surface area contributed by atoms with Gasteiger partial charge >= 0.3 is 11.9 Å². The number of ether oxygens (including phenoxy) is 3. The molecule has 2 unspecified atom stereocenters. The average molecular weight is 282 g/mol. The first-order valence-electron chi connectivity index (χ1n) is 7.39. The smallest absolute Gasteiger partial charge is 0.331 e. The minimum absolute atomic E-state index is 0.0272. The Balaban J connectivity index is 1.68. The van der Waals surface area contributed by atoms with Crippen molar-refractivity contribution in [3.8, 4) is 0 Å². The Bertz CT molecular complexity index is 402. The van der Waals surface area contributed by atoms with Gasteiger partial charge in [0, 0.05) is 6.92 Å². The lowest BCUT2D eigenvalue weighted by Crippen LogP contribution is -2.59. The largest absolute Gasteiger partial charge is 0.467 e. The molecule has 0 saturated heterocycles. The summed E-state index contributed by atoms with van der Waals surface area (Å²) in [5.41, 5.74) is -0.256. The molecule has 5 nitrogen and oxygen atoms in total. The van der Waals surface area contributed by atoms with E-state index in [0.29, 0.717) is 17.8 Å². The van der Waals surface area contributed by atoms with Gasteiger partial charge in [-0.15, -0.1) is 0 Å². The molecule has 4 rings (SSSR count). The molecule has 4 saturated carbocycles. The molecule has 0 aromatic heterocycles. The molecule has 2 atom stereocenters. The van der Waals surface area contributed by atoms with E-state index in [9.17, 15) is 9.59 Å². The molecule has 0 spiro atoms. The van der Waals surface area contributed by atoms with Crippen molar-refractivity contribution in [2.24, 2.45) is 17.8 Å². The van der Waals surface area contributed by atoms with Crippen molar-refractivity contribution in [1.82, 2.24) is 0 Å². The second-order valence-corrected chi connectivity index (χ2v) is 6.60. The molecule has 0 aromatic rings. The van der Waals surface area contributed by atoms with E-state index < -0.39 is 0 Å². The minimum atomic E-state index is -0.325. The highest BCUT2D eigenvalue weighted by Crippen LogP contribution is 2.58. The number of esters is 2. The Hall–Kier alpha value is -1.10. The highest BCUT2D eigenvalue weighted by atomic mass is 16.6. The summed E-state index contributed by atoms with van der Waals surface area (Å²) in [4.78, 5) is 22.6. The maximum absolute atomic E-state index is 11.3. The molecule has 20 heavy (non-hydrogen) atoms. The number of hydrogen-bond acceptors (Lipinski definition) is 5. The SMILES string of the molecule is COC(=O)COC1C2CC3CC1CC(OC(C)=O)(C3)C2. The fourth-order valence-corrected chi connectivity index (χ4v) is 4.83. The van der Waals surface area contributed by atoms with E-state index in [1.54, 1.807) is 0 Å². The fraction of sp³-hybridized carbons (Fsp3) is 0.867. The van der Waals surface area contributed by atoms with Gasteiger partial charge in [0.05, 0.1) is 13.2 Å². The van der Waals surface area contributed by atoms with Gasteiger partial charge in [-0.3, -0.25) is 4.79 Å². The Morgan fingerprint density at radius 3 is 2.35 bits per heavy atom. The zero-order valence-corrected chi connectivity index (χ0v) is 12.1. The molecular weight excluding hydrogens is 260 g/mol. The minimum Gasteiger partial charge on any atom is -0.467 e. The van der Waals surface area contributed by atoms with Crippen molar-refractivity contribution in [3.05, 3.63) is 0 Å². The quantitative estimate of drug-likeness (QED) is 0.734. The van der Waals surface area contributed by atoms with Gasteiger partial charge in [-0.05, 0) is 49.9 Å². The van der Waals surface area contributed by atoms with E-state index in [4.69, 9.17) is 9.47 Å². The van der Waals surface area contributed by atoms with Crippen LogP contribution in [0, 0.1) is 17.8 Å². The second kappa shape index (κ2) is 5.02. The molecule has 0 aliphatic heterocycles. The van der Waals surface area contributed by atoms with Crippen molar-refractivity contribution in [2.45, 2.75) is 50.7 Å². The zero-order chi connectivity index (χ0) is 14.3.